The average molecular weight is 498 g/mol. The van der Waals surface area contributed by atoms with Crippen LogP contribution in [0.2, 0.25) is 0 Å². The van der Waals surface area contributed by atoms with Gasteiger partial charge in [-0.15, -0.1) is 0 Å². The number of benzene rings is 2. The summed E-state index contributed by atoms with van der Waals surface area (Å²) in [6.45, 7) is 4.26. The summed E-state index contributed by atoms with van der Waals surface area (Å²) in [7, 11) is 5.57. The molecule has 0 aliphatic rings. The lowest BCUT2D eigenvalue weighted by molar-refractivity contribution is -0.151. The number of para-hydroxylation sites is 1. The Balaban J connectivity index is 1.74. The molecule has 2 aromatic rings. The number of aryl methyl sites for hydroxylation is 2. The number of carbonyl (C=O) groups excluding carboxylic acids is 1. The second kappa shape index (κ2) is 16.6. The average Bonchev–Trinajstić information content (AvgIpc) is 2.86. The third-order valence-corrected chi connectivity index (χ3v) is 5.93. The van der Waals surface area contributed by atoms with Gasteiger partial charge in [0.25, 0.3) is 0 Å². The smallest absolute Gasteiger partial charge is 0.306 e. The summed E-state index contributed by atoms with van der Waals surface area (Å²) in [6.07, 6.45) is 7.88. The molecular formula is C30H43NO5. The van der Waals surface area contributed by atoms with Crippen molar-refractivity contribution in [3.63, 3.8) is 0 Å². The van der Waals surface area contributed by atoms with Crippen molar-refractivity contribution in [2.75, 3.05) is 34.4 Å². The second-order valence-electron chi connectivity index (χ2n) is 9.48. The van der Waals surface area contributed by atoms with Gasteiger partial charge in [-0.25, -0.2) is 0 Å². The van der Waals surface area contributed by atoms with Crippen LogP contribution in [0.3, 0.4) is 0 Å². The van der Waals surface area contributed by atoms with Crippen molar-refractivity contribution in [3.05, 3.63) is 72.0 Å². The van der Waals surface area contributed by atoms with Crippen molar-refractivity contribution >= 4 is 5.97 Å². The van der Waals surface area contributed by atoms with Crippen LogP contribution in [-0.4, -0.2) is 56.4 Å². The highest BCUT2D eigenvalue weighted by molar-refractivity contribution is 5.69. The number of aliphatic hydroxyl groups excluding tert-OH is 1. The zero-order chi connectivity index (χ0) is 26.2. The molecule has 0 saturated heterocycles. The minimum Gasteiger partial charge on any atom is -0.513 e. The van der Waals surface area contributed by atoms with E-state index in [1.54, 1.807) is 7.11 Å². The van der Waals surface area contributed by atoms with Crippen molar-refractivity contribution < 1.29 is 24.1 Å². The van der Waals surface area contributed by atoms with Gasteiger partial charge in [0.15, 0.2) is 0 Å². The zero-order valence-electron chi connectivity index (χ0n) is 22.2. The first kappa shape index (κ1) is 29.2. The van der Waals surface area contributed by atoms with Crippen molar-refractivity contribution in [1.82, 2.24) is 4.90 Å². The third kappa shape index (κ3) is 12.1. The molecule has 1 unspecified atom stereocenters. The number of ether oxygens (including phenoxy) is 3. The van der Waals surface area contributed by atoms with Gasteiger partial charge in [-0.2, -0.15) is 0 Å². The van der Waals surface area contributed by atoms with Gasteiger partial charge in [-0.05, 0) is 69.1 Å². The van der Waals surface area contributed by atoms with E-state index in [-0.39, 0.29) is 31.2 Å². The Bertz CT molecular complexity index is 927. The number of likely N-dealkylation sites (N-methyl/N-ethyl adjacent to an activating group) is 1. The Morgan fingerprint density at radius 1 is 0.972 bits per heavy atom. The van der Waals surface area contributed by atoms with Crippen LogP contribution >= 0.6 is 0 Å². The summed E-state index contributed by atoms with van der Waals surface area (Å²) in [6, 6.07) is 16.4. The number of carbonyl (C=O) groups is 1. The summed E-state index contributed by atoms with van der Waals surface area (Å²) in [5.74, 6) is 1.39. The summed E-state index contributed by atoms with van der Waals surface area (Å²) < 4.78 is 17.0. The quantitative estimate of drug-likeness (QED) is 0.152. The van der Waals surface area contributed by atoms with Crippen molar-refractivity contribution in [3.8, 4) is 11.5 Å². The molecule has 0 fully saturated rings. The van der Waals surface area contributed by atoms with E-state index in [9.17, 15) is 9.90 Å². The van der Waals surface area contributed by atoms with E-state index >= 15 is 0 Å². The van der Waals surface area contributed by atoms with Gasteiger partial charge < -0.3 is 24.2 Å². The van der Waals surface area contributed by atoms with Crippen LogP contribution < -0.4 is 9.47 Å². The predicted molar refractivity (Wildman–Crippen MR) is 145 cm³/mol. The topological polar surface area (TPSA) is 68.2 Å². The summed E-state index contributed by atoms with van der Waals surface area (Å²) in [4.78, 5) is 14.1. The van der Waals surface area contributed by atoms with Gasteiger partial charge in [0.1, 0.15) is 24.2 Å². The summed E-state index contributed by atoms with van der Waals surface area (Å²) in [5.41, 5.74) is 2.51. The molecular weight excluding hydrogens is 454 g/mol. The number of hydrogen-bond donors (Lipinski definition) is 1. The van der Waals surface area contributed by atoms with Crippen molar-refractivity contribution in [1.29, 1.82) is 0 Å². The lowest BCUT2D eigenvalue weighted by Crippen LogP contribution is -2.35. The van der Waals surface area contributed by atoms with Crippen LogP contribution in [-0.2, 0) is 22.4 Å². The van der Waals surface area contributed by atoms with E-state index in [1.807, 2.05) is 43.3 Å². The lowest BCUT2D eigenvalue weighted by Gasteiger charge is -2.22. The molecule has 0 radical (unpaired) electrons. The van der Waals surface area contributed by atoms with Gasteiger partial charge in [-0.3, -0.25) is 4.79 Å². The molecule has 1 N–H and O–H groups in total. The zero-order valence-corrected chi connectivity index (χ0v) is 22.2. The molecule has 6 heteroatoms. The number of esters is 1. The fourth-order valence-electron chi connectivity index (χ4n) is 4.06. The van der Waals surface area contributed by atoms with Crippen LogP contribution in [0, 0.1) is 0 Å². The van der Waals surface area contributed by atoms with E-state index in [1.165, 1.54) is 36.8 Å². The Labute approximate surface area is 216 Å². The normalized spacial score (nSPS) is 11.8. The molecule has 2 aromatic carbocycles. The maximum atomic E-state index is 12.1. The number of allylic oxidation sites excluding steroid dienone is 1. The molecule has 0 aliphatic heterocycles. The Morgan fingerprint density at radius 3 is 2.42 bits per heavy atom. The minimum atomic E-state index is -0.392. The molecule has 1 atom stereocenters. The molecule has 6 nitrogen and oxygen atoms in total. The highest BCUT2D eigenvalue weighted by atomic mass is 16.6. The van der Waals surface area contributed by atoms with Gasteiger partial charge in [-0.1, -0.05) is 56.2 Å². The van der Waals surface area contributed by atoms with Crippen LogP contribution in [0.1, 0.15) is 56.1 Å². The molecule has 0 bridgehead atoms. The Kier molecular flexibility index (Phi) is 13.5. The standard InChI is InChI=1S/C30H43NO5/c1-24(32)19-20-30(33)36-28(22-31(2)3)23-35-29-18-11-10-16-26(29)15-9-7-5-6-8-13-25-14-12-17-27(21-25)34-4/h10-12,14,16-18,21,28,32H,1,5-9,13,15,19-20,22-23H2,2-4H3. The highest BCUT2D eigenvalue weighted by Crippen LogP contribution is 2.22. The fraction of sp³-hybridized carbons (Fsp3) is 0.500. The van der Waals surface area contributed by atoms with Crippen LogP contribution in [0.4, 0.5) is 0 Å². The van der Waals surface area contributed by atoms with E-state index in [4.69, 9.17) is 14.2 Å². The van der Waals surface area contributed by atoms with Crippen LogP contribution in [0.15, 0.2) is 60.9 Å². The number of nitrogens with zero attached hydrogens (tertiary/aromatic N) is 1. The van der Waals surface area contributed by atoms with Crippen molar-refractivity contribution in [2.24, 2.45) is 0 Å². The van der Waals surface area contributed by atoms with Gasteiger partial charge in [0.05, 0.1) is 19.3 Å². The molecule has 0 aromatic heterocycles. The van der Waals surface area contributed by atoms with E-state index in [2.05, 4.69) is 30.8 Å². The lowest BCUT2D eigenvalue weighted by atomic mass is 10.0. The van der Waals surface area contributed by atoms with Gasteiger partial charge >= 0.3 is 5.97 Å². The molecule has 2 rings (SSSR count). The first-order chi connectivity index (χ1) is 17.4. The molecule has 0 amide bonds. The Morgan fingerprint density at radius 2 is 1.69 bits per heavy atom. The summed E-state index contributed by atoms with van der Waals surface area (Å²) >= 11 is 0. The first-order valence-electron chi connectivity index (χ1n) is 12.9. The van der Waals surface area contributed by atoms with E-state index in [0.29, 0.717) is 6.54 Å². The number of hydrogen-bond acceptors (Lipinski definition) is 6. The van der Waals surface area contributed by atoms with Crippen LogP contribution in [0.5, 0.6) is 11.5 Å². The van der Waals surface area contributed by atoms with Crippen molar-refractivity contribution in [2.45, 2.75) is 63.9 Å². The van der Waals surface area contributed by atoms with Gasteiger partial charge in [0, 0.05) is 13.0 Å². The Hall–Kier alpha value is -2.99. The van der Waals surface area contributed by atoms with Crippen LogP contribution in [0.25, 0.3) is 0 Å². The largest absolute Gasteiger partial charge is 0.513 e. The monoisotopic (exact) mass is 497 g/mol. The number of aliphatic hydroxyl groups is 1. The molecule has 0 spiro atoms. The number of unbranched alkanes of at least 4 members (excludes halogenated alkanes) is 4. The third-order valence-electron chi connectivity index (χ3n) is 5.93. The number of methoxy groups -OCH3 is 1. The summed E-state index contributed by atoms with van der Waals surface area (Å²) in [5, 5.41) is 9.22. The SMILES string of the molecule is C=C(O)CCC(=O)OC(COc1ccccc1CCCCCCCc1cccc(OC)c1)CN(C)C. The molecule has 36 heavy (non-hydrogen) atoms. The maximum absolute atomic E-state index is 12.1. The molecule has 0 aliphatic carbocycles. The predicted octanol–water partition coefficient (Wildman–Crippen LogP) is 6.14. The van der Waals surface area contributed by atoms with Gasteiger partial charge in [0.2, 0.25) is 0 Å². The minimum absolute atomic E-state index is 0.0156. The highest BCUT2D eigenvalue weighted by Gasteiger charge is 2.17. The molecule has 0 saturated carbocycles. The maximum Gasteiger partial charge on any atom is 0.306 e. The molecule has 198 valence electrons. The fourth-order valence-corrected chi connectivity index (χ4v) is 4.06. The first-order valence-corrected chi connectivity index (χ1v) is 12.9. The van der Waals surface area contributed by atoms with E-state index in [0.717, 1.165) is 30.8 Å². The van der Waals surface area contributed by atoms with E-state index < -0.39 is 6.10 Å². The molecule has 0 heterocycles. The second-order valence-corrected chi connectivity index (χ2v) is 9.48. The number of rotatable bonds is 18.